The van der Waals surface area contributed by atoms with Gasteiger partial charge >= 0.3 is 0 Å². The summed E-state index contributed by atoms with van der Waals surface area (Å²) in [5.41, 5.74) is 2.91. The molecule has 1 atom stereocenters. The van der Waals surface area contributed by atoms with Crippen LogP contribution in [0.4, 0.5) is 5.82 Å². The molecule has 7 nitrogen and oxygen atoms in total. The van der Waals surface area contributed by atoms with Crippen molar-refractivity contribution in [3.05, 3.63) is 35.3 Å². The molecule has 7 heteroatoms. The lowest BCUT2D eigenvalue weighted by molar-refractivity contribution is 0.0932. The molecule has 0 spiro atoms. The molecule has 0 bridgehead atoms. The topological polar surface area (TPSA) is 84.7 Å². The van der Waals surface area contributed by atoms with Crippen molar-refractivity contribution in [3.63, 3.8) is 0 Å². The van der Waals surface area contributed by atoms with Crippen molar-refractivity contribution in [2.45, 2.75) is 88.8 Å². The van der Waals surface area contributed by atoms with Crippen LogP contribution in [0.5, 0.6) is 0 Å². The molecular formula is C22H30N6O. The summed E-state index contributed by atoms with van der Waals surface area (Å²) >= 11 is 0. The number of aromatic nitrogens is 4. The second kappa shape index (κ2) is 8.13. The lowest BCUT2D eigenvalue weighted by Crippen LogP contribution is -2.33. The molecule has 0 aliphatic heterocycles. The van der Waals surface area contributed by atoms with E-state index in [1.54, 1.807) is 6.07 Å². The molecule has 2 aromatic rings. The fourth-order valence-electron chi connectivity index (χ4n) is 5.10. The summed E-state index contributed by atoms with van der Waals surface area (Å²) in [6.07, 6.45) is 15.2. The Morgan fingerprint density at radius 3 is 2.52 bits per heavy atom. The number of fused-ring (bicyclic) bond motifs is 1. The average Bonchev–Trinajstić information content (AvgIpc) is 3.50. The van der Waals surface area contributed by atoms with Gasteiger partial charge in [-0.15, -0.1) is 10.2 Å². The molecule has 0 aromatic carbocycles. The van der Waals surface area contributed by atoms with Gasteiger partial charge in [0.15, 0.2) is 5.69 Å². The van der Waals surface area contributed by atoms with Crippen LogP contribution in [0.1, 0.15) is 98.0 Å². The highest BCUT2D eigenvalue weighted by Gasteiger charge is 2.27. The Morgan fingerprint density at radius 1 is 0.966 bits per heavy atom. The zero-order chi connectivity index (χ0) is 19.6. The van der Waals surface area contributed by atoms with Crippen LogP contribution < -0.4 is 10.6 Å². The highest BCUT2D eigenvalue weighted by Crippen LogP contribution is 2.35. The van der Waals surface area contributed by atoms with Crippen molar-refractivity contribution >= 4 is 11.7 Å². The molecule has 3 aliphatic rings. The van der Waals surface area contributed by atoms with Gasteiger partial charge in [-0.1, -0.05) is 25.7 Å². The summed E-state index contributed by atoms with van der Waals surface area (Å²) in [5, 5.41) is 19.9. The van der Waals surface area contributed by atoms with Crippen LogP contribution >= 0.6 is 0 Å². The number of amides is 1. The molecule has 2 aromatic heterocycles. The van der Waals surface area contributed by atoms with Crippen LogP contribution in [0, 0.1) is 0 Å². The number of rotatable bonds is 5. The average molecular weight is 395 g/mol. The predicted molar refractivity (Wildman–Crippen MR) is 111 cm³/mol. The fraction of sp³-hybridized carbons (Fsp3) is 0.636. The molecule has 2 saturated carbocycles. The highest BCUT2D eigenvalue weighted by molar-refractivity contribution is 5.92. The molecule has 2 fully saturated rings. The van der Waals surface area contributed by atoms with Crippen LogP contribution in [0.15, 0.2) is 18.3 Å². The van der Waals surface area contributed by atoms with Gasteiger partial charge in [0.1, 0.15) is 5.82 Å². The highest BCUT2D eigenvalue weighted by atomic mass is 16.2. The van der Waals surface area contributed by atoms with Crippen LogP contribution in [-0.2, 0) is 6.42 Å². The van der Waals surface area contributed by atoms with E-state index in [9.17, 15) is 4.79 Å². The Kier molecular flexibility index (Phi) is 5.21. The second-order valence-electron chi connectivity index (χ2n) is 8.81. The minimum absolute atomic E-state index is 0.119. The molecular weight excluding hydrogens is 364 g/mol. The maximum Gasteiger partial charge on any atom is 0.272 e. The summed E-state index contributed by atoms with van der Waals surface area (Å²) in [4.78, 5) is 12.3. The third-order valence-corrected chi connectivity index (χ3v) is 6.72. The van der Waals surface area contributed by atoms with E-state index in [1.807, 2.05) is 6.07 Å². The minimum atomic E-state index is -0.119. The lowest BCUT2D eigenvalue weighted by atomic mass is 9.94. The van der Waals surface area contributed by atoms with Crippen LogP contribution in [0.3, 0.4) is 0 Å². The maximum atomic E-state index is 12.3. The quantitative estimate of drug-likeness (QED) is 0.802. The minimum Gasteiger partial charge on any atom is -0.360 e. The number of nitrogens with zero attached hydrogens (tertiary/aromatic N) is 4. The summed E-state index contributed by atoms with van der Waals surface area (Å²) in [6.45, 7) is 0. The number of aryl methyl sites for hydroxylation is 1. The molecule has 154 valence electrons. The van der Waals surface area contributed by atoms with E-state index in [-0.39, 0.29) is 18.0 Å². The third kappa shape index (κ3) is 4.00. The molecule has 2 heterocycles. The number of hydrogen-bond acceptors (Lipinski definition) is 5. The number of carbonyl (C=O) groups excluding carboxylic acids is 1. The number of hydrogen-bond donors (Lipinski definition) is 2. The van der Waals surface area contributed by atoms with Gasteiger partial charge in [0.2, 0.25) is 0 Å². The van der Waals surface area contributed by atoms with Crippen LogP contribution in [-0.4, -0.2) is 31.9 Å². The van der Waals surface area contributed by atoms with Gasteiger partial charge in [0.05, 0.1) is 17.8 Å². The molecule has 0 unspecified atom stereocenters. The van der Waals surface area contributed by atoms with E-state index in [2.05, 4.69) is 31.7 Å². The van der Waals surface area contributed by atoms with Gasteiger partial charge in [-0.3, -0.25) is 9.48 Å². The third-order valence-electron chi connectivity index (χ3n) is 6.72. The Morgan fingerprint density at radius 2 is 1.76 bits per heavy atom. The first-order chi connectivity index (χ1) is 14.3. The zero-order valence-corrected chi connectivity index (χ0v) is 16.9. The molecule has 2 N–H and O–H groups in total. The molecule has 0 radical (unpaired) electrons. The summed E-state index contributed by atoms with van der Waals surface area (Å²) in [5.74, 6) is 0.585. The summed E-state index contributed by atoms with van der Waals surface area (Å²) < 4.78 is 2.21. The van der Waals surface area contributed by atoms with E-state index < -0.39 is 0 Å². The van der Waals surface area contributed by atoms with Gasteiger partial charge in [0, 0.05) is 12.2 Å². The number of anilines is 1. The molecule has 1 amide bonds. The SMILES string of the molecule is O=C(NC1CCCC1)c1ccc(N[C@H]2CCCc3cn(C4CCCC4)nc32)nn1. The van der Waals surface area contributed by atoms with Crippen LogP contribution in [0.2, 0.25) is 0 Å². The van der Waals surface area contributed by atoms with Gasteiger partial charge < -0.3 is 10.6 Å². The first-order valence-electron chi connectivity index (χ1n) is 11.3. The van der Waals surface area contributed by atoms with Crippen molar-refractivity contribution in [1.29, 1.82) is 0 Å². The maximum absolute atomic E-state index is 12.3. The van der Waals surface area contributed by atoms with Gasteiger partial charge in [-0.05, 0) is 62.6 Å². The molecule has 3 aliphatic carbocycles. The van der Waals surface area contributed by atoms with Gasteiger partial charge in [-0.2, -0.15) is 5.10 Å². The predicted octanol–water partition coefficient (Wildman–Crippen LogP) is 3.95. The van der Waals surface area contributed by atoms with Crippen molar-refractivity contribution in [3.8, 4) is 0 Å². The standard InChI is InChI=1S/C22H30N6O/c29-22(23-16-7-1-2-8-16)19-12-13-20(26-25-19)24-18-11-5-6-15-14-28(27-21(15)18)17-9-3-4-10-17/h12-14,16-18H,1-11H2,(H,23,29)(H,24,26)/t18-/m0/s1. The molecule has 29 heavy (non-hydrogen) atoms. The first kappa shape index (κ1) is 18.6. The Balaban J connectivity index is 1.25. The van der Waals surface area contributed by atoms with E-state index in [0.29, 0.717) is 17.6 Å². The van der Waals surface area contributed by atoms with Crippen molar-refractivity contribution in [2.75, 3.05) is 5.32 Å². The Bertz CT molecular complexity index is 849. The number of nitrogens with one attached hydrogen (secondary N) is 2. The number of carbonyl (C=O) groups is 1. The summed E-state index contributed by atoms with van der Waals surface area (Å²) in [7, 11) is 0. The zero-order valence-electron chi connectivity index (χ0n) is 16.9. The second-order valence-corrected chi connectivity index (χ2v) is 8.81. The normalized spacial score (nSPS) is 22.6. The van der Waals surface area contributed by atoms with E-state index in [4.69, 9.17) is 5.10 Å². The largest absolute Gasteiger partial charge is 0.360 e. The van der Waals surface area contributed by atoms with Gasteiger partial charge in [-0.25, -0.2) is 0 Å². The summed E-state index contributed by atoms with van der Waals surface area (Å²) in [6, 6.07) is 4.64. The van der Waals surface area contributed by atoms with Gasteiger partial charge in [0.25, 0.3) is 5.91 Å². The lowest BCUT2D eigenvalue weighted by Gasteiger charge is -2.22. The monoisotopic (exact) mass is 394 g/mol. The van der Waals surface area contributed by atoms with E-state index in [0.717, 1.165) is 37.8 Å². The van der Waals surface area contributed by atoms with Crippen molar-refractivity contribution in [2.24, 2.45) is 0 Å². The van der Waals surface area contributed by atoms with E-state index >= 15 is 0 Å². The fourth-order valence-corrected chi connectivity index (χ4v) is 5.10. The van der Waals surface area contributed by atoms with Crippen molar-refractivity contribution in [1.82, 2.24) is 25.3 Å². The Hall–Kier alpha value is -2.44. The molecule has 0 saturated heterocycles. The van der Waals surface area contributed by atoms with Crippen LogP contribution in [0.25, 0.3) is 0 Å². The molecule has 5 rings (SSSR count). The van der Waals surface area contributed by atoms with Crippen molar-refractivity contribution < 1.29 is 4.79 Å². The first-order valence-corrected chi connectivity index (χ1v) is 11.3. The smallest absolute Gasteiger partial charge is 0.272 e. The van der Waals surface area contributed by atoms with E-state index in [1.165, 1.54) is 44.1 Å². The Labute approximate surface area is 171 Å².